The summed E-state index contributed by atoms with van der Waals surface area (Å²) in [5.74, 6) is 1.83. The molecule has 0 aliphatic heterocycles. The highest BCUT2D eigenvalue weighted by Gasteiger charge is 2.45. The third-order valence-electron chi connectivity index (χ3n) is 25.4. The molecule has 122 heavy (non-hydrogen) atoms. The SMILES string of the molecule is c1ccc(-c2ccc(-n3c4ccccc4c4cc5c(cc43)c3ccccc3n5-c3cc([Si](c4ccccc4)(c4ccccc4)c4cccc5c4sc4ccccc45)ccn3)cc2)cc1.c1ccc(-n2c3ccccc3c3cc4c(cc32)c2ccccc2n4-c2cc([Si](c3ccccc3)(c3ccccc3)c3cccc4c3sc3ccccc34)ccn2)cc1. The summed E-state index contributed by atoms with van der Waals surface area (Å²) in [6.45, 7) is 0. The molecule has 0 bridgehead atoms. The molecule has 0 aliphatic rings. The van der Waals surface area contributed by atoms with Crippen molar-refractivity contribution < 1.29 is 0 Å². The molecule has 0 radical (unpaired) electrons. The Morgan fingerprint density at radius 1 is 0.189 bits per heavy atom. The normalized spacial score (nSPS) is 12.1. The van der Waals surface area contributed by atoms with Gasteiger partial charge in [-0.3, -0.25) is 9.13 Å². The molecular formula is C112H74N6S2Si2. The molecule has 0 fully saturated rings. The van der Waals surface area contributed by atoms with Gasteiger partial charge in [0.1, 0.15) is 11.6 Å². The summed E-state index contributed by atoms with van der Waals surface area (Å²) in [4.78, 5) is 10.5. The Morgan fingerprint density at radius 3 is 0.852 bits per heavy atom. The highest BCUT2D eigenvalue weighted by molar-refractivity contribution is 7.31. The van der Waals surface area contributed by atoms with Crippen LogP contribution in [0.15, 0.2) is 449 Å². The molecular weight excluding hydrogens is 1550 g/mol. The number of para-hydroxylation sites is 5. The molecule has 17 aromatic carbocycles. The minimum absolute atomic E-state index is 0.913. The van der Waals surface area contributed by atoms with Crippen LogP contribution < -0.4 is 41.5 Å². The number of rotatable bonds is 13. The van der Waals surface area contributed by atoms with Gasteiger partial charge in [0, 0.05) is 107 Å². The Kier molecular flexibility index (Phi) is 16.9. The van der Waals surface area contributed by atoms with E-state index < -0.39 is 16.1 Å². The van der Waals surface area contributed by atoms with Gasteiger partial charge in [-0.25, -0.2) is 9.97 Å². The van der Waals surface area contributed by atoms with Crippen molar-refractivity contribution >= 4 is 208 Å². The van der Waals surface area contributed by atoms with Gasteiger partial charge in [-0.05, 0) is 162 Å². The van der Waals surface area contributed by atoms with Gasteiger partial charge in [0.25, 0.3) is 0 Å². The van der Waals surface area contributed by atoms with Crippen molar-refractivity contribution in [2.75, 3.05) is 0 Å². The maximum Gasteiger partial charge on any atom is 0.181 e. The zero-order valence-corrected chi connectivity index (χ0v) is 69.9. The number of aromatic nitrogens is 6. The molecule has 0 aliphatic carbocycles. The Hall–Kier alpha value is -14.9. The third-order valence-corrected chi connectivity index (χ3v) is 37.8. The predicted molar refractivity (Wildman–Crippen MR) is 524 cm³/mol. The molecule has 10 heteroatoms. The molecule has 0 saturated heterocycles. The largest absolute Gasteiger partial charge is 0.309 e. The second-order valence-electron chi connectivity index (χ2n) is 31.8. The van der Waals surface area contributed by atoms with Gasteiger partial charge in [0.15, 0.2) is 16.1 Å². The quantitative estimate of drug-likeness (QED) is 0.0853. The Labute approximate surface area is 713 Å². The molecule has 0 unspecified atom stereocenters. The maximum atomic E-state index is 5.28. The van der Waals surface area contributed by atoms with Crippen molar-refractivity contribution in [1.82, 2.24) is 28.2 Å². The zero-order valence-electron chi connectivity index (χ0n) is 66.2. The lowest BCUT2D eigenvalue weighted by Crippen LogP contribution is -2.74. The van der Waals surface area contributed by atoms with Crippen LogP contribution in [0, 0.1) is 0 Å². The summed E-state index contributed by atoms with van der Waals surface area (Å²) in [5.41, 5.74) is 14.0. The van der Waals surface area contributed by atoms with E-state index in [1.54, 1.807) is 0 Å². The van der Waals surface area contributed by atoms with Crippen molar-refractivity contribution in [3.63, 3.8) is 0 Å². The van der Waals surface area contributed by atoms with E-state index in [0.29, 0.717) is 0 Å². The van der Waals surface area contributed by atoms with Crippen LogP contribution >= 0.6 is 22.7 Å². The first kappa shape index (κ1) is 71.2. The van der Waals surface area contributed by atoms with Gasteiger partial charge in [0.05, 0.1) is 44.1 Å². The monoisotopic (exact) mass is 1620 g/mol. The fourth-order valence-electron chi connectivity index (χ4n) is 20.2. The summed E-state index contributed by atoms with van der Waals surface area (Å²) in [6.07, 6.45) is 4.09. The van der Waals surface area contributed by atoms with Crippen LogP contribution in [0.1, 0.15) is 0 Å². The van der Waals surface area contributed by atoms with E-state index in [0.717, 1.165) is 45.1 Å². The zero-order chi connectivity index (χ0) is 80.4. The standard InChI is InChI=1S/C59H39N3SSi.C53H35N3SSi/c1-4-17-40(18-5-1)41-31-33-42(34-32-41)61-52-27-13-10-23-46(52)50-39-55-51(38-54(50)61)47-24-11-14-28-53(47)62(55)58-37-45(35-36-60-58)64(43-19-6-2-7-20-43,44-21-8-3-9-22-44)57-30-16-26-49-48-25-12-15-29-56(48)63-59(49)57;1-4-17-36(18-5-1)55-46-27-13-10-23-40(46)44-35-49-45(34-48(44)55)41-24-11-14-28-47(41)56(49)52-33-39(31-32-54-52)58(37-19-6-2-7-20-37,38-21-8-3-9-22-38)51-30-16-26-43-42-25-12-15-29-50(42)57-53(43)51/h1-39H;1-35H. The molecule has 0 amide bonds. The maximum absolute atomic E-state index is 5.28. The Morgan fingerprint density at radius 2 is 0.475 bits per heavy atom. The van der Waals surface area contributed by atoms with Crippen LogP contribution in [0.3, 0.4) is 0 Å². The Balaban J connectivity index is 0.000000139. The van der Waals surface area contributed by atoms with E-state index in [2.05, 4.69) is 455 Å². The van der Waals surface area contributed by atoms with Gasteiger partial charge in [-0.15, -0.1) is 22.7 Å². The first-order valence-corrected chi connectivity index (χ1v) is 47.3. The minimum Gasteiger partial charge on any atom is -0.309 e. The summed E-state index contributed by atoms with van der Waals surface area (Å²) in [5, 5.41) is 25.7. The second kappa shape index (κ2) is 29.0. The lowest BCUT2D eigenvalue weighted by molar-refractivity contribution is 1.08. The van der Waals surface area contributed by atoms with Crippen LogP contribution in [0.2, 0.25) is 0 Å². The fourth-order valence-corrected chi connectivity index (χ4v) is 33.3. The van der Waals surface area contributed by atoms with Gasteiger partial charge in [-0.2, -0.15) is 0 Å². The van der Waals surface area contributed by atoms with Crippen LogP contribution in [0.25, 0.3) is 162 Å². The number of nitrogens with zero attached hydrogens (tertiary/aromatic N) is 6. The number of pyridine rings is 2. The van der Waals surface area contributed by atoms with Crippen LogP contribution in [0.5, 0.6) is 0 Å². The van der Waals surface area contributed by atoms with Gasteiger partial charge in [0.2, 0.25) is 0 Å². The van der Waals surface area contributed by atoms with Crippen molar-refractivity contribution in [1.29, 1.82) is 0 Å². The van der Waals surface area contributed by atoms with Crippen molar-refractivity contribution in [2.45, 2.75) is 0 Å². The van der Waals surface area contributed by atoms with E-state index >= 15 is 0 Å². The number of hydrogen-bond donors (Lipinski definition) is 0. The summed E-state index contributed by atoms with van der Waals surface area (Å²) >= 11 is 3.84. The minimum atomic E-state index is -2.99. The molecule has 8 heterocycles. The van der Waals surface area contributed by atoms with Crippen LogP contribution in [-0.2, 0) is 0 Å². The van der Waals surface area contributed by atoms with E-state index in [1.165, 1.54) is 158 Å². The molecule has 0 saturated carbocycles. The highest BCUT2D eigenvalue weighted by Crippen LogP contribution is 2.44. The first-order chi connectivity index (χ1) is 60.5. The summed E-state index contributed by atoms with van der Waals surface area (Å²) in [6, 6.07) is 161. The van der Waals surface area contributed by atoms with E-state index in [4.69, 9.17) is 9.97 Å². The number of benzene rings is 17. The van der Waals surface area contributed by atoms with Gasteiger partial charge < -0.3 is 9.13 Å². The predicted octanol–water partition coefficient (Wildman–Crippen LogP) is 23.7. The number of hydrogen-bond acceptors (Lipinski definition) is 4. The summed E-state index contributed by atoms with van der Waals surface area (Å²) < 4.78 is 15.0. The Bertz CT molecular complexity index is 8300. The second-order valence-corrected chi connectivity index (χ2v) is 41.4. The average Bonchev–Trinajstić information content (AvgIpc) is 1.09. The first-order valence-electron chi connectivity index (χ1n) is 41.7. The smallest absolute Gasteiger partial charge is 0.181 e. The molecule has 25 aromatic rings. The van der Waals surface area contributed by atoms with Gasteiger partial charge >= 0.3 is 0 Å². The number of fused-ring (bicyclic) bond motifs is 18. The molecule has 8 aromatic heterocycles. The average molecular weight is 1620 g/mol. The molecule has 6 nitrogen and oxygen atoms in total. The molecule has 25 rings (SSSR count). The van der Waals surface area contributed by atoms with E-state index in [-0.39, 0.29) is 0 Å². The lowest BCUT2D eigenvalue weighted by Gasteiger charge is -2.35. The van der Waals surface area contributed by atoms with Crippen LogP contribution in [-0.4, -0.2) is 44.4 Å². The van der Waals surface area contributed by atoms with Gasteiger partial charge in [-0.1, -0.05) is 328 Å². The lowest BCUT2D eigenvalue weighted by atomic mass is 10.1. The third kappa shape index (κ3) is 11.0. The summed E-state index contributed by atoms with van der Waals surface area (Å²) in [7, 11) is -5.96. The fraction of sp³-hybridized carbons (Fsp3) is 0. The molecule has 0 N–H and O–H groups in total. The highest BCUT2D eigenvalue weighted by atomic mass is 32.1. The molecule has 0 atom stereocenters. The van der Waals surface area contributed by atoms with Crippen molar-refractivity contribution in [2.24, 2.45) is 0 Å². The van der Waals surface area contributed by atoms with E-state index in [9.17, 15) is 0 Å². The topological polar surface area (TPSA) is 45.5 Å². The van der Waals surface area contributed by atoms with Crippen molar-refractivity contribution in [3.8, 4) is 34.1 Å². The van der Waals surface area contributed by atoms with Crippen molar-refractivity contribution in [3.05, 3.63) is 449 Å². The van der Waals surface area contributed by atoms with E-state index in [1.807, 2.05) is 35.1 Å². The molecule has 0 spiro atoms. The number of thiophene rings is 2. The molecule has 572 valence electrons. The van der Waals surface area contributed by atoms with Crippen LogP contribution in [0.4, 0.5) is 0 Å².